The van der Waals surface area contributed by atoms with E-state index in [9.17, 15) is 9.59 Å². The van der Waals surface area contributed by atoms with Gasteiger partial charge in [0.1, 0.15) is 43.7 Å². The van der Waals surface area contributed by atoms with Crippen LogP contribution in [0.4, 0.5) is 4.39 Å². The molecule has 0 saturated carbocycles. The van der Waals surface area contributed by atoms with Crippen LogP contribution in [0.3, 0.4) is 0 Å². The van der Waals surface area contributed by atoms with Gasteiger partial charge in [-0.1, -0.05) is 87.5 Å². The molecule has 4 aromatic rings. The predicted molar refractivity (Wildman–Crippen MR) is 191 cm³/mol. The maximum absolute atomic E-state index is 15.1. The third-order valence-corrected chi connectivity index (χ3v) is 7.90. The van der Waals surface area contributed by atoms with Gasteiger partial charge in [0.2, 0.25) is 0 Å². The Labute approximate surface area is 292 Å². The molecule has 8 nitrogen and oxygen atoms in total. The minimum absolute atomic E-state index is 0.00738. The van der Waals surface area contributed by atoms with Crippen LogP contribution < -0.4 is 9.47 Å². The molecule has 4 rings (SSSR count). The number of benzene rings is 4. The molecule has 0 aliphatic rings. The third-order valence-electron chi connectivity index (χ3n) is 7.90. The number of aryl methyl sites for hydroxylation is 1. The van der Waals surface area contributed by atoms with Gasteiger partial charge >= 0.3 is 11.9 Å². The van der Waals surface area contributed by atoms with Gasteiger partial charge in [-0.15, -0.1) is 0 Å². The van der Waals surface area contributed by atoms with Crippen molar-refractivity contribution < 1.29 is 43.1 Å². The lowest BCUT2D eigenvalue weighted by Gasteiger charge is -2.15. The Balaban J connectivity index is 1.48. The summed E-state index contributed by atoms with van der Waals surface area (Å²) in [7, 11) is 0. The van der Waals surface area contributed by atoms with Crippen molar-refractivity contribution in [2.24, 2.45) is 0 Å². The fraction of sp³-hybridized carbons (Fsp3) is 0.268. The number of unbranched alkanes of at least 4 members (excludes halogenated alkanes) is 2. The van der Waals surface area contributed by atoms with Gasteiger partial charge in [-0.3, -0.25) is 0 Å². The summed E-state index contributed by atoms with van der Waals surface area (Å²) in [5.41, 5.74) is 6.29. The van der Waals surface area contributed by atoms with Gasteiger partial charge in [-0.05, 0) is 76.6 Å². The first kappa shape index (κ1) is 37.6. The molecule has 0 unspecified atom stereocenters. The van der Waals surface area contributed by atoms with E-state index in [1.165, 1.54) is 12.1 Å². The van der Waals surface area contributed by atoms with E-state index < -0.39 is 25.2 Å². The van der Waals surface area contributed by atoms with Crippen molar-refractivity contribution in [1.82, 2.24) is 0 Å². The van der Waals surface area contributed by atoms with Crippen molar-refractivity contribution in [1.29, 1.82) is 0 Å². The summed E-state index contributed by atoms with van der Waals surface area (Å²) in [4.78, 5) is 23.3. The number of hydrogen-bond donors (Lipinski definition) is 2. The summed E-state index contributed by atoms with van der Waals surface area (Å²) in [6.07, 6.45) is 3.99. The van der Waals surface area contributed by atoms with Gasteiger partial charge in [0.05, 0.1) is 24.4 Å². The number of aliphatic hydroxyl groups excluding tert-OH is 2. The summed E-state index contributed by atoms with van der Waals surface area (Å²) in [6, 6.07) is 26.4. The van der Waals surface area contributed by atoms with Crippen LogP contribution in [-0.2, 0) is 25.5 Å². The number of rotatable bonds is 19. The smallest absolute Gasteiger partial charge is 0.335 e. The summed E-state index contributed by atoms with van der Waals surface area (Å²) < 4.78 is 36.7. The molecule has 0 atom stereocenters. The summed E-state index contributed by atoms with van der Waals surface area (Å²) in [5, 5.41) is 18.0. The van der Waals surface area contributed by atoms with Crippen LogP contribution in [0.1, 0.15) is 31.7 Å². The molecule has 0 spiro atoms. The van der Waals surface area contributed by atoms with Gasteiger partial charge in [0, 0.05) is 5.56 Å². The maximum Gasteiger partial charge on any atom is 0.335 e. The molecule has 0 bridgehead atoms. The molecular weight excluding hydrogens is 639 g/mol. The summed E-state index contributed by atoms with van der Waals surface area (Å²) in [6.45, 7) is 8.31. The monoisotopic (exact) mass is 682 g/mol. The summed E-state index contributed by atoms with van der Waals surface area (Å²) in [5.74, 6) is -0.651. The Bertz CT molecular complexity index is 1780. The highest BCUT2D eigenvalue weighted by molar-refractivity contribution is 5.88. The van der Waals surface area contributed by atoms with Crippen molar-refractivity contribution in [3.8, 4) is 44.9 Å². The quantitative estimate of drug-likeness (QED) is 0.0595. The Morgan fingerprint density at radius 3 is 1.86 bits per heavy atom. The second-order valence-corrected chi connectivity index (χ2v) is 11.6. The topological polar surface area (TPSA) is 112 Å². The van der Waals surface area contributed by atoms with Crippen molar-refractivity contribution in [3.05, 3.63) is 121 Å². The fourth-order valence-corrected chi connectivity index (χ4v) is 5.16. The van der Waals surface area contributed by atoms with Crippen LogP contribution in [0, 0.1) is 5.82 Å². The van der Waals surface area contributed by atoms with Crippen molar-refractivity contribution in [2.45, 2.75) is 32.6 Å². The number of esters is 2. The van der Waals surface area contributed by atoms with Crippen LogP contribution in [0.25, 0.3) is 33.4 Å². The van der Waals surface area contributed by atoms with Crippen molar-refractivity contribution in [3.63, 3.8) is 0 Å². The first-order chi connectivity index (χ1) is 24.2. The predicted octanol–water partition coefficient (Wildman–Crippen LogP) is 7.50. The molecule has 9 heteroatoms. The standard InChI is InChI=1S/C41H43FO8/c1-4-5-6-8-33-23-34(38-25-36(16-18-39(38)42)48-20-22-50-41(46)29(3)27-44)15-17-37(33)31-13-11-30(12-14-31)32-9-7-10-35(24-32)47-19-21-49-40(45)28(2)26-43/h7,9-18,23-25,43-44H,2-6,8,19-22,26-27H2,1H3. The largest absolute Gasteiger partial charge is 0.490 e. The van der Waals surface area contributed by atoms with E-state index >= 15 is 4.39 Å². The molecule has 0 aromatic heterocycles. The Morgan fingerprint density at radius 1 is 0.640 bits per heavy atom. The van der Waals surface area contributed by atoms with E-state index in [2.05, 4.69) is 44.3 Å². The number of hydrogen-bond acceptors (Lipinski definition) is 8. The van der Waals surface area contributed by atoms with Crippen LogP contribution in [0.15, 0.2) is 109 Å². The highest BCUT2D eigenvalue weighted by Gasteiger charge is 2.14. The molecule has 2 N–H and O–H groups in total. The number of halogens is 1. The first-order valence-electron chi connectivity index (χ1n) is 16.5. The Morgan fingerprint density at radius 2 is 1.24 bits per heavy atom. The number of ether oxygens (including phenoxy) is 4. The molecular formula is C41H43FO8. The highest BCUT2D eigenvalue weighted by atomic mass is 19.1. The first-order valence-corrected chi connectivity index (χ1v) is 16.5. The zero-order valence-corrected chi connectivity index (χ0v) is 28.3. The lowest BCUT2D eigenvalue weighted by molar-refractivity contribution is -0.141. The van der Waals surface area contributed by atoms with Crippen molar-refractivity contribution >= 4 is 11.9 Å². The highest BCUT2D eigenvalue weighted by Crippen LogP contribution is 2.34. The van der Waals surface area contributed by atoms with Gasteiger partial charge in [-0.25, -0.2) is 14.0 Å². The van der Waals surface area contributed by atoms with Crippen LogP contribution in [0.5, 0.6) is 11.5 Å². The van der Waals surface area contributed by atoms with Gasteiger partial charge in [-0.2, -0.15) is 0 Å². The summed E-state index contributed by atoms with van der Waals surface area (Å²) >= 11 is 0. The SMILES string of the molecule is C=C(CO)C(=O)OCCOc1cccc(-c2ccc(-c3ccc(-c4cc(OCCOC(=O)C(=C)CO)ccc4F)cc3CCCCC)cc2)c1. The van der Waals surface area contributed by atoms with E-state index in [1.54, 1.807) is 6.07 Å². The van der Waals surface area contributed by atoms with E-state index in [0.717, 1.165) is 59.1 Å². The lowest BCUT2D eigenvalue weighted by atomic mass is 9.91. The molecule has 0 amide bonds. The van der Waals surface area contributed by atoms with E-state index in [4.69, 9.17) is 29.2 Å². The second-order valence-electron chi connectivity index (χ2n) is 11.6. The zero-order valence-electron chi connectivity index (χ0n) is 28.3. The Hall–Kier alpha value is -5.25. The van der Waals surface area contributed by atoms with Gasteiger partial charge in [0.15, 0.2) is 0 Å². The van der Waals surface area contributed by atoms with Crippen LogP contribution in [0.2, 0.25) is 0 Å². The molecule has 0 aliphatic carbocycles. The minimum Gasteiger partial charge on any atom is -0.490 e. The lowest BCUT2D eigenvalue weighted by Crippen LogP contribution is -2.15. The minimum atomic E-state index is -0.693. The van der Waals surface area contributed by atoms with Crippen LogP contribution >= 0.6 is 0 Å². The maximum atomic E-state index is 15.1. The molecule has 0 radical (unpaired) electrons. The van der Waals surface area contributed by atoms with E-state index in [1.807, 2.05) is 42.5 Å². The Kier molecular flexibility index (Phi) is 14.3. The molecule has 262 valence electrons. The van der Waals surface area contributed by atoms with Gasteiger partial charge in [0.25, 0.3) is 0 Å². The fourth-order valence-electron chi connectivity index (χ4n) is 5.16. The average Bonchev–Trinajstić information content (AvgIpc) is 3.15. The molecule has 0 heterocycles. The number of aliphatic hydroxyl groups is 2. The molecule has 0 fully saturated rings. The zero-order chi connectivity index (χ0) is 35.9. The third kappa shape index (κ3) is 10.6. The number of carbonyl (C=O) groups excluding carboxylic acids is 2. The molecule has 0 aliphatic heterocycles. The van der Waals surface area contributed by atoms with E-state index in [-0.39, 0.29) is 43.4 Å². The van der Waals surface area contributed by atoms with Crippen molar-refractivity contribution in [2.75, 3.05) is 39.6 Å². The average molecular weight is 683 g/mol. The van der Waals surface area contributed by atoms with Gasteiger partial charge < -0.3 is 29.2 Å². The normalized spacial score (nSPS) is 10.7. The van der Waals surface area contributed by atoms with E-state index in [0.29, 0.717) is 17.1 Å². The second kappa shape index (κ2) is 19.1. The molecule has 4 aromatic carbocycles. The number of carbonyl (C=O) groups is 2. The molecule has 50 heavy (non-hydrogen) atoms. The van der Waals surface area contributed by atoms with Crippen LogP contribution in [-0.4, -0.2) is 61.8 Å². The molecule has 0 saturated heterocycles.